The predicted molar refractivity (Wildman–Crippen MR) is 146 cm³/mol. The number of benzene rings is 2. The van der Waals surface area contributed by atoms with Gasteiger partial charge in [-0.15, -0.1) is 11.3 Å². The Morgan fingerprint density at radius 1 is 1.00 bits per heavy atom. The van der Waals surface area contributed by atoms with Crippen molar-refractivity contribution in [1.29, 1.82) is 0 Å². The molecule has 1 saturated heterocycles. The van der Waals surface area contributed by atoms with E-state index in [4.69, 9.17) is 19.9 Å². The molecule has 0 aliphatic carbocycles. The van der Waals surface area contributed by atoms with Crippen LogP contribution < -0.4 is 10.6 Å². The monoisotopic (exact) mass is 559 g/mol. The maximum Gasteiger partial charge on any atom is 0.415 e. The Balaban J connectivity index is 1.93. The fourth-order valence-electron chi connectivity index (χ4n) is 4.32. The number of esters is 1. The van der Waals surface area contributed by atoms with Crippen LogP contribution in [0.25, 0.3) is 10.4 Å². The van der Waals surface area contributed by atoms with E-state index in [0.717, 1.165) is 33.9 Å². The average molecular weight is 560 g/mol. The maximum absolute atomic E-state index is 14.7. The van der Waals surface area contributed by atoms with Gasteiger partial charge >= 0.3 is 12.1 Å². The minimum atomic E-state index is -0.839. The third-order valence-electron chi connectivity index (χ3n) is 6.24. The standard InChI is InChI=1S/C28H31F2N3O5S/c1-3-37-27(34)24-21(16-32-12-14-36-15-13-32)25(18-8-10-19(31)11-9-18)39-26(24)33(28(35)38-4-2)17-20-22(29)6-5-7-23(20)30/h5-11H,3-4,12-17,31H2,1-2H3. The van der Waals surface area contributed by atoms with Crippen LogP contribution in [0.3, 0.4) is 0 Å². The molecule has 11 heteroatoms. The highest BCUT2D eigenvalue weighted by atomic mass is 32.1. The number of nitrogen functional groups attached to an aromatic ring is 1. The Kier molecular flexibility index (Phi) is 9.50. The second-order valence-corrected chi connectivity index (χ2v) is 9.81. The number of anilines is 2. The lowest BCUT2D eigenvalue weighted by molar-refractivity contribution is 0.0338. The number of thiophene rings is 1. The highest BCUT2D eigenvalue weighted by molar-refractivity contribution is 7.20. The summed E-state index contributed by atoms with van der Waals surface area (Å²) in [5, 5.41) is 0.185. The van der Waals surface area contributed by atoms with Gasteiger partial charge in [-0.3, -0.25) is 9.80 Å². The summed E-state index contributed by atoms with van der Waals surface area (Å²) in [5.41, 5.74) is 7.74. The number of carbonyl (C=O) groups excluding carboxylic acids is 2. The van der Waals surface area contributed by atoms with Crippen molar-refractivity contribution in [1.82, 2.24) is 4.90 Å². The van der Waals surface area contributed by atoms with Gasteiger partial charge in [-0.25, -0.2) is 18.4 Å². The molecule has 0 unspecified atom stereocenters. The molecule has 1 aromatic heterocycles. The van der Waals surface area contributed by atoms with Crippen LogP contribution in [0, 0.1) is 11.6 Å². The molecular weight excluding hydrogens is 528 g/mol. The second kappa shape index (κ2) is 13.0. The molecule has 0 spiro atoms. The molecular formula is C28H31F2N3O5S. The molecule has 1 aliphatic heterocycles. The molecule has 1 aliphatic rings. The molecule has 0 saturated carbocycles. The first-order valence-corrected chi connectivity index (χ1v) is 13.5. The van der Waals surface area contributed by atoms with Crippen molar-refractivity contribution in [3.05, 3.63) is 70.8 Å². The lowest BCUT2D eigenvalue weighted by Crippen LogP contribution is -2.36. The van der Waals surface area contributed by atoms with E-state index >= 15 is 0 Å². The number of halogens is 2. The smallest absolute Gasteiger partial charge is 0.415 e. The van der Waals surface area contributed by atoms with E-state index in [1.54, 1.807) is 26.0 Å². The molecule has 0 bridgehead atoms. The number of nitrogens with two attached hydrogens (primary N) is 1. The van der Waals surface area contributed by atoms with Crippen molar-refractivity contribution >= 4 is 34.1 Å². The van der Waals surface area contributed by atoms with Gasteiger partial charge in [0.1, 0.15) is 16.6 Å². The van der Waals surface area contributed by atoms with Gasteiger partial charge in [0, 0.05) is 41.3 Å². The van der Waals surface area contributed by atoms with E-state index in [-0.39, 0.29) is 29.3 Å². The lowest BCUT2D eigenvalue weighted by Gasteiger charge is -2.27. The van der Waals surface area contributed by atoms with Gasteiger partial charge in [-0.05, 0) is 43.7 Å². The first-order chi connectivity index (χ1) is 18.8. The van der Waals surface area contributed by atoms with Crippen molar-refractivity contribution < 1.29 is 32.6 Å². The summed E-state index contributed by atoms with van der Waals surface area (Å²) in [6, 6.07) is 10.6. The van der Waals surface area contributed by atoms with E-state index in [1.165, 1.54) is 6.07 Å². The van der Waals surface area contributed by atoms with Crippen LogP contribution in [-0.2, 0) is 27.3 Å². The van der Waals surface area contributed by atoms with Crippen LogP contribution in [0.15, 0.2) is 42.5 Å². The molecule has 39 heavy (non-hydrogen) atoms. The van der Waals surface area contributed by atoms with E-state index in [9.17, 15) is 18.4 Å². The van der Waals surface area contributed by atoms with Crippen LogP contribution in [0.4, 0.5) is 24.3 Å². The molecule has 0 atom stereocenters. The molecule has 2 heterocycles. The van der Waals surface area contributed by atoms with Gasteiger partial charge in [-0.1, -0.05) is 18.2 Å². The van der Waals surface area contributed by atoms with Crippen molar-refractivity contribution in [3.63, 3.8) is 0 Å². The van der Waals surface area contributed by atoms with Crippen molar-refractivity contribution in [3.8, 4) is 10.4 Å². The quantitative estimate of drug-likeness (QED) is 0.275. The number of hydrogen-bond acceptors (Lipinski definition) is 8. The summed E-state index contributed by atoms with van der Waals surface area (Å²) in [5.74, 6) is -2.27. The van der Waals surface area contributed by atoms with Crippen LogP contribution in [0.5, 0.6) is 0 Å². The van der Waals surface area contributed by atoms with Crippen molar-refractivity contribution in [2.75, 3.05) is 50.2 Å². The Hall–Kier alpha value is -3.54. The zero-order chi connectivity index (χ0) is 27.9. The Morgan fingerprint density at radius 3 is 2.26 bits per heavy atom. The number of nitrogens with zero attached hydrogens (tertiary/aromatic N) is 2. The first kappa shape index (κ1) is 28.5. The van der Waals surface area contributed by atoms with Crippen LogP contribution in [-0.4, -0.2) is 56.5 Å². The molecule has 208 valence electrons. The lowest BCUT2D eigenvalue weighted by atomic mass is 10.0. The number of morpholine rings is 1. The number of hydrogen-bond donors (Lipinski definition) is 1. The molecule has 4 rings (SSSR count). The molecule has 0 radical (unpaired) electrons. The van der Waals surface area contributed by atoms with Gasteiger partial charge < -0.3 is 19.9 Å². The number of ether oxygens (including phenoxy) is 3. The largest absolute Gasteiger partial charge is 0.462 e. The number of amides is 1. The molecule has 2 N–H and O–H groups in total. The Labute approximate surface area is 229 Å². The fraction of sp³-hybridized carbons (Fsp3) is 0.357. The zero-order valence-corrected chi connectivity index (χ0v) is 22.7. The third kappa shape index (κ3) is 6.55. The van der Waals surface area contributed by atoms with Crippen molar-refractivity contribution in [2.24, 2.45) is 0 Å². The summed E-state index contributed by atoms with van der Waals surface area (Å²) in [6.07, 6.45) is -0.839. The van der Waals surface area contributed by atoms with E-state index in [0.29, 0.717) is 49.0 Å². The van der Waals surface area contributed by atoms with E-state index in [1.807, 2.05) is 12.1 Å². The van der Waals surface area contributed by atoms with Crippen molar-refractivity contribution in [2.45, 2.75) is 26.9 Å². The van der Waals surface area contributed by atoms with Gasteiger partial charge in [0.15, 0.2) is 0 Å². The van der Waals surface area contributed by atoms with Gasteiger partial charge in [0.2, 0.25) is 0 Å². The Morgan fingerprint density at radius 2 is 1.64 bits per heavy atom. The molecule has 1 amide bonds. The van der Waals surface area contributed by atoms with E-state index in [2.05, 4.69) is 4.90 Å². The SMILES string of the molecule is CCOC(=O)c1c(N(Cc2c(F)cccc2F)C(=O)OCC)sc(-c2ccc(N)cc2)c1CN1CCOCC1. The van der Waals surface area contributed by atoms with Crippen LogP contribution >= 0.6 is 11.3 Å². The number of carbonyl (C=O) groups is 2. The normalized spacial score (nSPS) is 13.7. The van der Waals surface area contributed by atoms with Crippen LogP contribution in [0.2, 0.25) is 0 Å². The van der Waals surface area contributed by atoms with Gasteiger partial charge in [0.05, 0.1) is 38.5 Å². The second-order valence-electron chi connectivity index (χ2n) is 8.81. The summed E-state index contributed by atoms with van der Waals surface area (Å²) in [4.78, 5) is 30.7. The topological polar surface area (TPSA) is 94.3 Å². The predicted octanol–water partition coefficient (Wildman–Crippen LogP) is 5.45. The van der Waals surface area contributed by atoms with Gasteiger partial charge in [0.25, 0.3) is 0 Å². The maximum atomic E-state index is 14.7. The fourth-order valence-corrected chi connectivity index (χ4v) is 5.61. The summed E-state index contributed by atoms with van der Waals surface area (Å²) in [6.45, 7) is 5.72. The molecule has 3 aromatic rings. The number of rotatable bonds is 9. The summed E-state index contributed by atoms with van der Waals surface area (Å²) < 4.78 is 45.6. The summed E-state index contributed by atoms with van der Waals surface area (Å²) in [7, 11) is 0. The highest BCUT2D eigenvalue weighted by Gasteiger charge is 2.33. The summed E-state index contributed by atoms with van der Waals surface area (Å²) >= 11 is 1.16. The third-order valence-corrected chi connectivity index (χ3v) is 7.54. The Bertz CT molecular complexity index is 1290. The molecule has 1 fully saturated rings. The minimum Gasteiger partial charge on any atom is -0.462 e. The highest BCUT2D eigenvalue weighted by Crippen LogP contribution is 2.44. The van der Waals surface area contributed by atoms with E-state index < -0.39 is 30.2 Å². The molecule has 2 aromatic carbocycles. The zero-order valence-electron chi connectivity index (χ0n) is 21.9. The van der Waals surface area contributed by atoms with Gasteiger partial charge in [-0.2, -0.15) is 0 Å². The first-order valence-electron chi connectivity index (χ1n) is 12.7. The average Bonchev–Trinajstić information content (AvgIpc) is 3.28. The molecule has 8 nitrogen and oxygen atoms in total. The van der Waals surface area contributed by atoms with Crippen LogP contribution in [0.1, 0.15) is 35.3 Å². The minimum absolute atomic E-state index is 0.0284.